The summed E-state index contributed by atoms with van der Waals surface area (Å²) in [5.41, 5.74) is 8.92. The first-order valence-corrected chi connectivity index (χ1v) is 16.3. The van der Waals surface area contributed by atoms with Crippen molar-refractivity contribution >= 4 is 63.1 Å². The Morgan fingerprint density at radius 2 is 0.955 bits per heavy atom. The third-order valence-electron chi connectivity index (χ3n) is 8.30. The molecule has 9 aromatic rings. The smallest absolute Gasteiger partial charge is 0.160 e. The van der Waals surface area contributed by atoms with Gasteiger partial charge in [0.05, 0.1) is 15.9 Å². The number of thiophene rings is 2. The topological polar surface area (TPSA) is 25.8 Å². The molecule has 0 saturated carbocycles. The molecule has 3 aromatic heterocycles. The maximum atomic E-state index is 5.19. The lowest BCUT2D eigenvalue weighted by Crippen LogP contribution is -1.94. The summed E-state index contributed by atoms with van der Waals surface area (Å²) in [5, 5.41) is 3.81. The standard InChI is InChI=1S/C40H24N2S2/c1-2-11-25(12-3-1)36-39-37(33-18-5-7-22-35(33)44-39)42-40(41-36)29-16-9-14-27(24-29)26-13-8-15-28(23-26)30-19-10-20-32-31-17-4-6-21-34(31)43-38(30)32/h1-24H. The van der Waals surface area contributed by atoms with E-state index in [2.05, 4.69) is 140 Å². The zero-order valence-corrected chi connectivity index (χ0v) is 25.2. The first kappa shape index (κ1) is 25.3. The molecule has 3 heterocycles. The van der Waals surface area contributed by atoms with E-state index in [4.69, 9.17) is 9.97 Å². The molecule has 0 unspecified atom stereocenters. The van der Waals surface area contributed by atoms with E-state index in [1.54, 1.807) is 11.3 Å². The summed E-state index contributed by atoms with van der Waals surface area (Å²) in [7, 11) is 0. The summed E-state index contributed by atoms with van der Waals surface area (Å²) >= 11 is 3.63. The van der Waals surface area contributed by atoms with Gasteiger partial charge in [-0.15, -0.1) is 22.7 Å². The largest absolute Gasteiger partial charge is 0.226 e. The Kier molecular flexibility index (Phi) is 5.90. The zero-order chi connectivity index (χ0) is 29.0. The maximum Gasteiger partial charge on any atom is 0.160 e. The molecule has 0 saturated heterocycles. The van der Waals surface area contributed by atoms with Gasteiger partial charge in [-0.1, -0.05) is 121 Å². The molecule has 0 atom stereocenters. The molecular weight excluding hydrogens is 573 g/mol. The fourth-order valence-corrected chi connectivity index (χ4v) is 8.58. The maximum absolute atomic E-state index is 5.19. The molecule has 0 fully saturated rings. The molecule has 0 N–H and O–H groups in total. The number of rotatable bonds is 4. The average molecular weight is 597 g/mol. The molecule has 4 heteroatoms. The normalized spacial score (nSPS) is 11.6. The van der Waals surface area contributed by atoms with Gasteiger partial charge in [-0.05, 0) is 46.5 Å². The van der Waals surface area contributed by atoms with Crippen LogP contribution in [0.25, 0.3) is 85.4 Å². The van der Waals surface area contributed by atoms with Gasteiger partial charge >= 0.3 is 0 Å². The van der Waals surface area contributed by atoms with Gasteiger partial charge < -0.3 is 0 Å². The Balaban J connectivity index is 1.18. The predicted octanol–water partition coefficient (Wildman–Crippen LogP) is 11.9. The Hall–Kier alpha value is -5.16. The summed E-state index contributed by atoms with van der Waals surface area (Å²) < 4.78 is 5.01. The van der Waals surface area contributed by atoms with E-state index in [9.17, 15) is 0 Å². The van der Waals surface area contributed by atoms with E-state index < -0.39 is 0 Å². The summed E-state index contributed by atoms with van der Waals surface area (Å²) in [6.45, 7) is 0. The van der Waals surface area contributed by atoms with Gasteiger partial charge in [-0.3, -0.25) is 0 Å². The monoisotopic (exact) mass is 596 g/mol. The summed E-state index contributed by atoms with van der Waals surface area (Å²) in [6.07, 6.45) is 0. The lowest BCUT2D eigenvalue weighted by atomic mass is 9.97. The second kappa shape index (κ2) is 10.2. The average Bonchev–Trinajstić information content (AvgIpc) is 3.67. The van der Waals surface area contributed by atoms with Crippen molar-refractivity contribution in [3.8, 4) is 44.9 Å². The molecule has 9 rings (SSSR count). The number of aromatic nitrogens is 2. The van der Waals surface area contributed by atoms with E-state index in [1.807, 2.05) is 17.4 Å². The Morgan fingerprint density at radius 1 is 0.386 bits per heavy atom. The molecule has 44 heavy (non-hydrogen) atoms. The fraction of sp³-hybridized carbons (Fsp3) is 0. The number of fused-ring (bicyclic) bond motifs is 6. The van der Waals surface area contributed by atoms with Gasteiger partial charge in [0.1, 0.15) is 0 Å². The van der Waals surface area contributed by atoms with Crippen LogP contribution in [0.4, 0.5) is 0 Å². The summed E-state index contributed by atoms with van der Waals surface area (Å²) in [6, 6.07) is 51.8. The van der Waals surface area contributed by atoms with Crippen LogP contribution in [-0.4, -0.2) is 9.97 Å². The predicted molar refractivity (Wildman–Crippen MR) is 190 cm³/mol. The van der Waals surface area contributed by atoms with Crippen LogP contribution < -0.4 is 0 Å². The third kappa shape index (κ3) is 4.15. The lowest BCUT2D eigenvalue weighted by Gasteiger charge is -2.10. The van der Waals surface area contributed by atoms with Crippen LogP contribution in [0, 0.1) is 0 Å². The quantitative estimate of drug-likeness (QED) is 0.202. The summed E-state index contributed by atoms with van der Waals surface area (Å²) in [5.74, 6) is 0.743. The van der Waals surface area contributed by atoms with Crippen LogP contribution in [0.3, 0.4) is 0 Å². The number of hydrogen-bond acceptors (Lipinski definition) is 4. The highest BCUT2D eigenvalue weighted by Gasteiger charge is 2.17. The number of nitrogens with zero attached hydrogens (tertiary/aromatic N) is 2. The van der Waals surface area contributed by atoms with E-state index in [0.717, 1.165) is 38.4 Å². The molecule has 0 aliphatic heterocycles. The van der Waals surface area contributed by atoms with Crippen molar-refractivity contribution in [1.82, 2.24) is 9.97 Å². The SMILES string of the molecule is c1ccc(-c2nc(-c3cccc(-c4cccc(-c5cccc6c5sc5ccccc56)c4)c3)nc3c2sc2ccccc23)cc1. The highest BCUT2D eigenvalue weighted by Crippen LogP contribution is 2.42. The number of hydrogen-bond donors (Lipinski definition) is 0. The van der Waals surface area contributed by atoms with Crippen molar-refractivity contribution in [1.29, 1.82) is 0 Å². The van der Waals surface area contributed by atoms with Crippen molar-refractivity contribution in [3.63, 3.8) is 0 Å². The molecule has 0 bridgehead atoms. The molecule has 0 aliphatic rings. The Bertz CT molecular complexity index is 2510. The third-order valence-corrected chi connectivity index (χ3v) is 10.7. The fourth-order valence-electron chi connectivity index (χ4n) is 6.19. The van der Waals surface area contributed by atoms with Crippen LogP contribution in [0.1, 0.15) is 0 Å². The van der Waals surface area contributed by atoms with Gasteiger partial charge in [-0.2, -0.15) is 0 Å². The molecular formula is C40H24N2S2. The van der Waals surface area contributed by atoms with Crippen LogP contribution >= 0.6 is 22.7 Å². The molecule has 0 aliphatic carbocycles. The van der Waals surface area contributed by atoms with E-state index in [-0.39, 0.29) is 0 Å². The van der Waals surface area contributed by atoms with Crippen LogP contribution in [0.15, 0.2) is 146 Å². The highest BCUT2D eigenvalue weighted by atomic mass is 32.1. The van der Waals surface area contributed by atoms with Gasteiger partial charge in [0.25, 0.3) is 0 Å². The van der Waals surface area contributed by atoms with Crippen LogP contribution in [0.2, 0.25) is 0 Å². The minimum absolute atomic E-state index is 0.743. The second-order valence-corrected chi connectivity index (χ2v) is 13.1. The van der Waals surface area contributed by atoms with Crippen molar-refractivity contribution in [2.45, 2.75) is 0 Å². The first-order valence-electron chi connectivity index (χ1n) is 14.7. The van der Waals surface area contributed by atoms with Crippen molar-refractivity contribution < 1.29 is 0 Å². The number of benzene rings is 6. The van der Waals surface area contributed by atoms with Crippen molar-refractivity contribution in [2.24, 2.45) is 0 Å². The molecule has 2 nitrogen and oxygen atoms in total. The first-order chi connectivity index (χ1) is 21.8. The lowest BCUT2D eigenvalue weighted by molar-refractivity contribution is 1.24. The van der Waals surface area contributed by atoms with Gasteiger partial charge in [0.15, 0.2) is 5.82 Å². The van der Waals surface area contributed by atoms with Crippen LogP contribution in [-0.2, 0) is 0 Å². The zero-order valence-electron chi connectivity index (χ0n) is 23.6. The van der Waals surface area contributed by atoms with Crippen LogP contribution in [0.5, 0.6) is 0 Å². The van der Waals surface area contributed by atoms with Gasteiger partial charge in [0, 0.05) is 41.4 Å². The minimum atomic E-state index is 0.743. The van der Waals surface area contributed by atoms with Gasteiger partial charge in [0.2, 0.25) is 0 Å². The van der Waals surface area contributed by atoms with Crippen molar-refractivity contribution in [3.05, 3.63) is 146 Å². The summed E-state index contributed by atoms with van der Waals surface area (Å²) in [4.78, 5) is 10.4. The molecule has 0 radical (unpaired) electrons. The molecule has 206 valence electrons. The molecule has 6 aromatic carbocycles. The highest BCUT2D eigenvalue weighted by molar-refractivity contribution is 7.26. The van der Waals surface area contributed by atoms with E-state index in [0.29, 0.717) is 0 Å². The molecule has 0 amide bonds. The minimum Gasteiger partial charge on any atom is -0.226 e. The Morgan fingerprint density at radius 3 is 1.77 bits per heavy atom. The van der Waals surface area contributed by atoms with Gasteiger partial charge in [-0.25, -0.2) is 9.97 Å². The van der Waals surface area contributed by atoms with E-state index in [1.165, 1.54) is 46.9 Å². The second-order valence-electron chi connectivity index (χ2n) is 11.0. The molecule has 0 spiro atoms. The van der Waals surface area contributed by atoms with Crippen molar-refractivity contribution in [2.75, 3.05) is 0 Å². The Labute approximate surface area is 262 Å². The van der Waals surface area contributed by atoms with E-state index >= 15 is 0 Å².